The van der Waals surface area contributed by atoms with Crippen molar-refractivity contribution in [1.82, 2.24) is 9.55 Å². The fourth-order valence-corrected chi connectivity index (χ4v) is 3.47. The molecule has 4 nitrogen and oxygen atoms in total. The molecule has 0 saturated heterocycles. The Kier molecular flexibility index (Phi) is 3.51. The highest BCUT2D eigenvalue weighted by Crippen LogP contribution is 2.32. The number of pyridine rings is 2. The van der Waals surface area contributed by atoms with Gasteiger partial charge in [0, 0.05) is 16.2 Å². The second-order valence-corrected chi connectivity index (χ2v) is 6.28. The lowest BCUT2D eigenvalue weighted by Crippen LogP contribution is -2.27. The number of ether oxygens (including phenoxy) is 1. The summed E-state index contributed by atoms with van der Waals surface area (Å²) < 4.78 is 7.31. The van der Waals surface area contributed by atoms with Crippen LogP contribution < -0.4 is 10.3 Å². The van der Waals surface area contributed by atoms with Crippen molar-refractivity contribution in [2.24, 2.45) is 0 Å². The minimum atomic E-state index is -0.135. The molecule has 0 saturated carbocycles. The molecule has 1 aliphatic heterocycles. The van der Waals surface area contributed by atoms with E-state index in [-0.39, 0.29) is 5.56 Å². The highest BCUT2D eigenvalue weighted by Gasteiger charge is 2.22. The summed E-state index contributed by atoms with van der Waals surface area (Å²) in [6.07, 6.45) is 3.16. The van der Waals surface area contributed by atoms with Crippen LogP contribution in [0.3, 0.4) is 0 Å². The van der Waals surface area contributed by atoms with Gasteiger partial charge >= 0.3 is 0 Å². The van der Waals surface area contributed by atoms with Crippen molar-refractivity contribution < 1.29 is 4.74 Å². The molecule has 116 valence electrons. The van der Waals surface area contributed by atoms with Gasteiger partial charge in [-0.1, -0.05) is 23.2 Å². The average Bonchev–Trinajstić information content (AvgIpc) is 2.54. The molecule has 0 atom stereocenters. The Bertz CT molecular complexity index is 962. The number of hydrogen-bond donors (Lipinski definition) is 0. The largest absolute Gasteiger partial charge is 0.492 e. The van der Waals surface area contributed by atoms with Crippen LogP contribution >= 0.6 is 23.2 Å². The molecule has 0 bridgehead atoms. The molecule has 4 rings (SSSR count). The molecule has 0 unspecified atom stereocenters. The van der Waals surface area contributed by atoms with Crippen LogP contribution in [-0.2, 0) is 6.42 Å². The number of hydrogen-bond acceptors (Lipinski definition) is 3. The first kappa shape index (κ1) is 14.5. The van der Waals surface area contributed by atoms with E-state index in [1.165, 1.54) is 0 Å². The summed E-state index contributed by atoms with van der Waals surface area (Å²) in [5, 5.41) is 1.76. The van der Waals surface area contributed by atoms with E-state index in [0.717, 1.165) is 11.8 Å². The maximum Gasteiger partial charge on any atom is 0.263 e. The lowest BCUT2D eigenvalue weighted by atomic mass is 10.1. The third-order valence-electron chi connectivity index (χ3n) is 3.90. The number of fused-ring (bicyclic) bond motifs is 3. The maximum absolute atomic E-state index is 13.0. The SMILES string of the molecule is O=c1c2c(c3cccnc3n1-c1cc(Cl)cc(Cl)c1)OCCC2. The molecule has 3 aromatic rings. The van der Waals surface area contributed by atoms with Gasteiger partial charge in [0.2, 0.25) is 0 Å². The number of aromatic nitrogens is 2. The van der Waals surface area contributed by atoms with Crippen LogP contribution in [0.5, 0.6) is 5.75 Å². The molecule has 2 aromatic heterocycles. The lowest BCUT2D eigenvalue weighted by Gasteiger charge is -2.21. The van der Waals surface area contributed by atoms with Crippen molar-refractivity contribution in [2.75, 3.05) is 6.61 Å². The first-order valence-corrected chi connectivity index (χ1v) is 8.02. The first-order chi connectivity index (χ1) is 11.1. The Morgan fingerprint density at radius 1 is 1.17 bits per heavy atom. The van der Waals surface area contributed by atoms with Gasteiger partial charge in [-0.25, -0.2) is 4.98 Å². The summed E-state index contributed by atoms with van der Waals surface area (Å²) in [6, 6.07) is 8.79. The molecule has 6 heteroatoms. The summed E-state index contributed by atoms with van der Waals surface area (Å²) in [6.45, 7) is 0.615. The molecule has 1 aliphatic rings. The standard InChI is InChI=1S/C17H12Cl2N2O2/c18-10-7-11(19)9-12(8-10)21-16-13(3-1-5-20-16)15-14(17(21)22)4-2-6-23-15/h1,3,5,7-9H,2,4,6H2. The Hall–Kier alpha value is -2.04. The van der Waals surface area contributed by atoms with Gasteiger partial charge in [0.25, 0.3) is 5.56 Å². The second-order valence-electron chi connectivity index (χ2n) is 5.40. The highest BCUT2D eigenvalue weighted by atomic mass is 35.5. The summed E-state index contributed by atoms with van der Waals surface area (Å²) in [5.41, 5.74) is 1.68. The van der Waals surface area contributed by atoms with Gasteiger partial charge in [0.15, 0.2) is 5.65 Å². The van der Waals surface area contributed by atoms with E-state index in [4.69, 9.17) is 27.9 Å². The molecule has 3 heterocycles. The molecule has 0 fully saturated rings. The van der Waals surface area contributed by atoms with Crippen LogP contribution in [0.2, 0.25) is 10.0 Å². The second kappa shape index (κ2) is 5.55. The van der Waals surface area contributed by atoms with Gasteiger partial charge in [-0.2, -0.15) is 0 Å². The summed E-state index contributed by atoms with van der Waals surface area (Å²) in [4.78, 5) is 17.4. The number of halogens is 2. The van der Waals surface area contributed by atoms with Crippen molar-refractivity contribution in [3.63, 3.8) is 0 Å². The Morgan fingerprint density at radius 3 is 2.74 bits per heavy atom. The van der Waals surface area contributed by atoms with Crippen molar-refractivity contribution in [1.29, 1.82) is 0 Å². The smallest absolute Gasteiger partial charge is 0.263 e. The molecule has 0 aliphatic carbocycles. The van der Waals surface area contributed by atoms with E-state index < -0.39 is 0 Å². The van der Waals surface area contributed by atoms with Crippen molar-refractivity contribution in [2.45, 2.75) is 12.8 Å². The Morgan fingerprint density at radius 2 is 1.96 bits per heavy atom. The van der Waals surface area contributed by atoms with Gasteiger partial charge in [-0.3, -0.25) is 9.36 Å². The minimum Gasteiger partial charge on any atom is -0.492 e. The van der Waals surface area contributed by atoms with Crippen molar-refractivity contribution in [3.8, 4) is 11.4 Å². The molecule has 0 radical (unpaired) electrons. The van der Waals surface area contributed by atoms with Crippen LogP contribution in [0.25, 0.3) is 16.7 Å². The van der Waals surface area contributed by atoms with Crippen LogP contribution in [0.15, 0.2) is 41.3 Å². The van der Waals surface area contributed by atoms with E-state index in [2.05, 4.69) is 4.98 Å². The third kappa shape index (κ3) is 2.38. The van der Waals surface area contributed by atoms with E-state index in [9.17, 15) is 4.79 Å². The fourth-order valence-electron chi connectivity index (χ4n) is 2.96. The summed E-state index contributed by atoms with van der Waals surface area (Å²) >= 11 is 12.2. The molecular weight excluding hydrogens is 335 g/mol. The van der Waals surface area contributed by atoms with Crippen molar-refractivity contribution >= 4 is 34.2 Å². The molecule has 0 amide bonds. The zero-order chi connectivity index (χ0) is 16.0. The predicted molar refractivity (Wildman–Crippen MR) is 91.2 cm³/mol. The highest BCUT2D eigenvalue weighted by molar-refractivity contribution is 6.34. The van der Waals surface area contributed by atoms with Gasteiger partial charge in [-0.15, -0.1) is 0 Å². The monoisotopic (exact) mass is 346 g/mol. The third-order valence-corrected chi connectivity index (χ3v) is 4.34. The number of benzene rings is 1. The molecule has 23 heavy (non-hydrogen) atoms. The molecule has 1 aromatic carbocycles. The van der Waals surface area contributed by atoms with Crippen LogP contribution in [0.1, 0.15) is 12.0 Å². The molecule has 0 spiro atoms. The minimum absolute atomic E-state index is 0.135. The molecule has 0 N–H and O–H groups in total. The maximum atomic E-state index is 13.0. The fraction of sp³-hybridized carbons (Fsp3) is 0.176. The van der Waals surface area contributed by atoms with Crippen LogP contribution in [0, 0.1) is 0 Å². The van der Waals surface area contributed by atoms with Gasteiger partial charge in [-0.05, 0) is 43.2 Å². The Balaban J connectivity index is 2.14. The summed E-state index contributed by atoms with van der Waals surface area (Å²) in [7, 11) is 0. The average molecular weight is 347 g/mol. The predicted octanol–water partition coefficient (Wildman–Crippen LogP) is 4.02. The lowest BCUT2D eigenvalue weighted by molar-refractivity contribution is 0.290. The van der Waals surface area contributed by atoms with E-state index >= 15 is 0 Å². The first-order valence-electron chi connectivity index (χ1n) is 7.27. The van der Waals surface area contributed by atoms with E-state index in [0.29, 0.717) is 45.7 Å². The molecular formula is C17H12Cl2N2O2. The topological polar surface area (TPSA) is 44.1 Å². The summed E-state index contributed by atoms with van der Waals surface area (Å²) in [5.74, 6) is 0.647. The number of rotatable bonds is 1. The van der Waals surface area contributed by atoms with Crippen LogP contribution in [-0.4, -0.2) is 16.2 Å². The normalized spacial score (nSPS) is 13.7. The van der Waals surface area contributed by atoms with Gasteiger partial charge in [0.1, 0.15) is 5.75 Å². The van der Waals surface area contributed by atoms with E-state index in [1.807, 2.05) is 12.1 Å². The quantitative estimate of drug-likeness (QED) is 0.668. The van der Waals surface area contributed by atoms with E-state index in [1.54, 1.807) is 29.0 Å². The van der Waals surface area contributed by atoms with Crippen molar-refractivity contribution in [3.05, 3.63) is 62.5 Å². The van der Waals surface area contributed by atoms with Crippen LogP contribution in [0.4, 0.5) is 0 Å². The zero-order valence-corrected chi connectivity index (χ0v) is 13.6. The van der Waals surface area contributed by atoms with Gasteiger partial charge < -0.3 is 4.74 Å². The number of nitrogens with zero attached hydrogens (tertiary/aromatic N) is 2. The zero-order valence-electron chi connectivity index (χ0n) is 12.1. The van der Waals surface area contributed by atoms with Gasteiger partial charge in [0.05, 0.1) is 23.2 Å². The Labute approximate surface area is 142 Å².